The van der Waals surface area contributed by atoms with Crippen molar-refractivity contribution in [2.24, 2.45) is 11.8 Å². The Bertz CT molecular complexity index is 969. The van der Waals surface area contributed by atoms with E-state index in [-0.39, 0.29) is 29.5 Å². The van der Waals surface area contributed by atoms with Crippen molar-refractivity contribution < 1.29 is 19.3 Å². The van der Waals surface area contributed by atoms with Crippen LogP contribution >= 0.6 is 0 Å². The number of hydrogen-bond acceptors (Lipinski definition) is 5. The molecular formula is C27H38N4O5. The summed E-state index contributed by atoms with van der Waals surface area (Å²) in [5.41, 5.74) is 0.623. The maximum absolute atomic E-state index is 13.3. The van der Waals surface area contributed by atoms with Gasteiger partial charge in [-0.15, -0.1) is 0 Å². The van der Waals surface area contributed by atoms with Crippen LogP contribution in [-0.2, 0) is 14.4 Å². The summed E-state index contributed by atoms with van der Waals surface area (Å²) in [6, 6.07) is 5.11. The van der Waals surface area contributed by atoms with Gasteiger partial charge in [-0.1, -0.05) is 39.5 Å². The van der Waals surface area contributed by atoms with E-state index < -0.39 is 16.9 Å². The lowest BCUT2D eigenvalue weighted by molar-refractivity contribution is -0.384. The molecule has 3 rings (SSSR count). The van der Waals surface area contributed by atoms with E-state index in [1.165, 1.54) is 43.9 Å². The van der Waals surface area contributed by atoms with Gasteiger partial charge in [-0.2, -0.15) is 0 Å². The van der Waals surface area contributed by atoms with Crippen LogP contribution in [0.5, 0.6) is 0 Å². The van der Waals surface area contributed by atoms with Crippen molar-refractivity contribution in [3.8, 4) is 0 Å². The van der Waals surface area contributed by atoms with Crippen molar-refractivity contribution in [1.82, 2.24) is 15.1 Å². The highest BCUT2D eigenvalue weighted by atomic mass is 16.6. The zero-order chi connectivity index (χ0) is 26.2. The predicted molar refractivity (Wildman–Crippen MR) is 138 cm³/mol. The monoisotopic (exact) mass is 498 g/mol. The van der Waals surface area contributed by atoms with Gasteiger partial charge < -0.3 is 15.1 Å². The largest absolute Gasteiger partial charge is 0.340 e. The molecule has 9 nitrogen and oxygen atoms in total. The van der Waals surface area contributed by atoms with Crippen LogP contribution in [-0.4, -0.2) is 64.2 Å². The summed E-state index contributed by atoms with van der Waals surface area (Å²) in [4.78, 5) is 52.6. The molecule has 2 fully saturated rings. The average Bonchev–Trinajstić information content (AvgIpc) is 3.38. The van der Waals surface area contributed by atoms with Crippen molar-refractivity contribution in [2.75, 3.05) is 19.6 Å². The molecule has 3 amide bonds. The number of nitro groups is 1. The highest BCUT2D eigenvalue weighted by Gasteiger charge is 2.34. The Hall–Kier alpha value is -3.23. The van der Waals surface area contributed by atoms with Crippen LogP contribution in [0.1, 0.15) is 64.9 Å². The van der Waals surface area contributed by atoms with Crippen LogP contribution in [0, 0.1) is 22.0 Å². The van der Waals surface area contributed by atoms with E-state index in [0.29, 0.717) is 37.5 Å². The van der Waals surface area contributed by atoms with E-state index >= 15 is 0 Å². The first kappa shape index (κ1) is 27.4. The zero-order valence-corrected chi connectivity index (χ0v) is 21.5. The highest BCUT2D eigenvalue weighted by molar-refractivity contribution is 5.95. The van der Waals surface area contributed by atoms with E-state index in [4.69, 9.17) is 0 Å². The minimum Gasteiger partial charge on any atom is -0.340 e. The summed E-state index contributed by atoms with van der Waals surface area (Å²) in [7, 11) is 0. The Labute approximate surface area is 213 Å². The fourth-order valence-corrected chi connectivity index (χ4v) is 5.09. The van der Waals surface area contributed by atoms with Gasteiger partial charge in [-0.3, -0.25) is 24.5 Å². The number of hydrogen-bond donors (Lipinski definition) is 1. The summed E-state index contributed by atoms with van der Waals surface area (Å²) in [5.74, 6) is 0.181. The number of carbonyl (C=O) groups excluding carboxylic acids is 3. The minimum atomic E-state index is -0.684. The Balaban J connectivity index is 1.52. The lowest BCUT2D eigenvalue weighted by atomic mass is 10.00. The summed E-state index contributed by atoms with van der Waals surface area (Å²) in [6.45, 7) is 7.16. The molecular weight excluding hydrogens is 460 g/mol. The van der Waals surface area contributed by atoms with Crippen LogP contribution in [0.2, 0.25) is 0 Å². The van der Waals surface area contributed by atoms with E-state index in [1.54, 1.807) is 23.1 Å². The Kier molecular flexibility index (Phi) is 9.61. The van der Waals surface area contributed by atoms with Gasteiger partial charge in [0.2, 0.25) is 17.7 Å². The maximum Gasteiger partial charge on any atom is 0.269 e. The first-order valence-electron chi connectivity index (χ1n) is 13.0. The molecule has 0 bridgehead atoms. The van der Waals surface area contributed by atoms with Gasteiger partial charge in [0.05, 0.1) is 4.92 Å². The Morgan fingerprint density at radius 3 is 2.39 bits per heavy atom. The SMILES string of the molecule is CC(C)C(NC(=O)/C=C/c1ccc([N+](=O)[O-])cc1)C(=O)N1CCN(C(=O)CCC2CCCC2)C(C)C1. The average molecular weight is 499 g/mol. The summed E-state index contributed by atoms with van der Waals surface area (Å²) >= 11 is 0. The van der Waals surface area contributed by atoms with Gasteiger partial charge in [0.1, 0.15) is 6.04 Å². The second-order valence-electron chi connectivity index (χ2n) is 10.3. The first-order chi connectivity index (χ1) is 17.2. The van der Waals surface area contributed by atoms with Crippen molar-refractivity contribution in [3.05, 3.63) is 46.0 Å². The van der Waals surface area contributed by atoms with Crippen LogP contribution in [0.25, 0.3) is 6.08 Å². The second kappa shape index (κ2) is 12.6. The quantitative estimate of drug-likeness (QED) is 0.316. The van der Waals surface area contributed by atoms with Crippen LogP contribution < -0.4 is 5.32 Å². The van der Waals surface area contributed by atoms with Gasteiger partial charge in [0, 0.05) is 50.3 Å². The van der Waals surface area contributed by atoms with E-state index in [9.17, 15) is 24.5 Å². The molecule has 1 aromatic rings. The Morgan fingerprint density at radius 1 is 1.14 bits per heavy atom. The van der Waals surface area contributed by atoms with Crippen LogP contribution in [0.3, 0.4) is 0 Å². The molecule has 196 valence electrons. The molecule has 1 heterocycles. The summed E-state index contributed by atoms with van der Waals surface area (Å²) < 4.78 is 0. The van der Waals surface area contributed by atoms with E-state index in [1.807, 2.05) is 25.7 Å². The number of benzene rings is 1. The molecule has 1 aromatic carbocycles. The molecule has 0 radical (unpaired) electrons. The number of rotatable bonds is 9. The molecule has 1 aliphatic carbocycles. The lowest BCUT2D eigenvalue weighted by Gasteiger charge is -2.41. The summed E-state index contributed by atoms with van der Waals surface area (Å²) in [5, 5.41) is 13.6. The first-order valence-corrected chi connectivity index (χ1v) is 13.0. The fourth-order valence-electron chi connectivity index (χ4n) is 5.09. The van der Waals surface area contributed by atoms with Gasteiger partial charge in [0.25, 0.3) is 5.69 Å². The van der Waals surface area contributed by atoms with Crippen LogP contribution in [0.4, 0.5) is 5.69 Å². The normalized spacial score (nSPS) is 19.6. The molecule has 0 aromatic heterocycles. The highest BCUT2D eigenvalue weighted by Crippen LogP contribution is 2.29. The predicted octanol–water partition coefficient (Wildman–Crippen LogP) is 3.78. The molecule has 1 saturated carbocycles. The number of carbonyl (C=O) groups is 3. The van der Waals surface area contributed by atoms with Gasteiger partial charge >= 0.3 is 0 Å². The molecule has 2 aliphatic rings. The van der Waals surface area contributed by atoms with Gasteiger partial charge in [0.15, 0.2) is 0 Å². The number of piperazine rings is 1. The van der Waals surface area contributed by atoms with E-state index in [2.05, 4.69) is 5.32 Å². The molecule has 1 N–H and O–H groups in total. The summed E-state index contributed by atoms with van der Waals surface area (Å²) in [6.07, 6.45) is 9.43. The number of non-ortho nitro benzene ring substituents is 1. The molecule has 36 heavy (non-hydrogen) atoms. The number of nitrogens with one attached hydrogen (secondary N) is 1. The second-order valence-corrected chi connectivity index (χ2v) is 10.3. The molecule has 2 unspecified atom stereocenters. The van der Waals surface area contributed by atoms with Gasteiger partial charge in [-0.25, -0.2) is 0 Å². The zero-order valence-electron chi connectivity index (χ0n) is 21.5. The van der Waals surface area contributed by atoms with Crippen LogP contribution in [0.15, 0.2) is 30.3 Å². The van der Waals surface area contributed by atoms with Crippen molar-refractivity contribution in [1.29, 1.82) is 0 Å². The fraction of sp³-hybridized carbons (Fsp3) is 0.593. The third kappa shape index (κ3) is 7.38. The van der Waals surface area contributed by atoms with Crippen molar-refractivity contribution >= 4 is 29.5 Å². The van der Waals surface area contributed by atoms with Gasteiger partial charge in [-0.05, 0) is 49.0 Å². The number of nitro benzene ring substituents is 1. The lowest BCUT2D eigenvalue weighted by Crippen LogP contribution is -2.59. The molecule has 1 saturated heterocycles. The Morgan fingerprint density at radius 2 is 1.81 bits per heavy atom. The maximum atomic E-state index is 13.3. The third-order valence-electron chi connectivity index (χ3n) is 7.26. The number of amides is 3. The molecule has 1 aliphatic heterocycles. The standard InChI is InChI=1S/C27H38N4O5/c1-19(2)26(28-24(32)14-10-22-8-12-23(13-9-22)31(35)36)27(34)29-16-17-30(20(3)18-29)25(33)15-11-21-6-4-5-7-21/h8-10,12-14,19-21,26H,4-7,11,15-18H2,1-3H3,(H,28,32)/b14-10+. The topological polar surface area (TPSA) is 113 Å². The molecule has 9 heteroatoms. The van der Waals surface area contributed by atoms with Crippen molar-refractivity contribution in [3.63, 3.8) is 0 Å². The minimum absolute atomic E-state index is 0.0214. The number of nitrogens with zero attached hydrogens (tertiary/aromatic N) is 3. The molecule has 2 atom stereocenters. The molecule has 0 spiro atoms. The van der Waals surface area contributed by atoms with E-state index in [0.717, 1.165) is 6.42 Å². The third-order valence-corrected chi connectivity index (χ3v) is 7.26. The van der Waals surface area contributed by atoms with Crippen molar-refractivity contribution in [2.45, 2.75) is 71.4 Å². The smallest absolute Gasteiger partial charge is 0.269 e.